The summed E-state index contributed by atoms with van der Waals surface area (Å²) in [5.41, 5.74) is 0. The number of halogens is 1. The lowest BCUT2D eigenvalue weighted by molar-refractivity contribution is 1.20. The summed E-state index contributed by atoms with van der Waals surface area (Å²) in [6, 6.07) is 0. The predicted octanol–water partition coefficient (Wildman–Crippen LogP) is 1.70. The van der Waals surface area contributed by atoms with Crippen molar-refractivity contribution in [3.05, 3.63) is 12.5 Å². The number of aromatic nitrogens is 2. The van der Waals surface area contributed by atoms with Gasteiger partial charge in [-0.1, -0.05) is 11.8 Å². The highest BCUT2D eigenvalue weighted by atomic mass is 35.5. The standard InChI is InChI=1S/C4H5ClN2S/c5-2-8-4-1-6-3-7-4/h1,3H,2H2,(H,6,7). The van der Waals surface area contributed by atoms with Crippen molar-refractivity contribution in [1.82, 2.24) is 9.97 Å². The van der Waals surface area contributed by atoms with E-state index >= 15 is 0 Å². The predicted molar refractivity (Wildman–Crippen MR) is 35.2 cm³/mol. The van der Waals surface area contributed by atoms with Crippen LogP contribution in [0, 0.1) is 0 Å². The number of thioether (sulfide) groups is 1. The first-order valence-corrected chi connectivity index (χ1v) is 3.62. The molecule has 0 radical (unpaired) electrons. The summed E-state index contributed by atoms with van der Waals surface area (Å²) >= 11 is 6.94. The molecule has 0 atom stereocenters. The maximum atomic E-state index is 5.41. The van der Waals surface area contributed by atoms with Gasteiger partial charge in [0.2, 0.25) is 0 Å². The molecule has 4 heteroatoms. The van der Waals surface area contributed by atoms with Gasteiger partial charge in [0.1, 0.15) is 0 Å². The molecule has 0 unspecified atom stereocenters. The lowest BCUT2D eigenvalue weighted by atomic mass is 11.0. The summed E-state index contributed by atoms with van der Waals surface area (Å²) in [5.74, 6) is 0. The van der Waals surface area contributed by atoms with Gasteiger partial charge in [-0.2, -0.15) is 0 Å². The van der Waals surface area contributed by atoms with E-state index in [9.17, 15) is 0 Å². The molecule has 0 bridgehead atoms. The molecule has 0 saturated carbocycles. The van der Waals surface area contributed by atoms with E-state index in [-0.39, 0.29) is 0 Å². The first-order valence-electron chi connectivity index (χ1n) is 2.10. The van der Waals surface area contributed by atoms with E-state index in [0.29, 0.717) is 5.21 Å². The molecule has 0 fully saturated rings. The number of H-pyrrole nitrogens is 1. The quantitative estimate of drug-likeness (QED) is 0.511. The molecule has 1 rings (SSSR count). The van der Waals surface area contributed by atoms with Crippen LogP contribution >= 0.6 is 23.4 Å². The van der Waals surface area contributed by atoms with Crippen molar-refractivity contribution >= 4 is 23.4 Å². The van der Waals surface area contributed by atoms with Crippen LogP contribution in [-0.4, -0.2) is 15.2 Å². The summed E-state index contributed by atoms with van der Waals surface area (Å²) in [6.45, 7) is 0. The van der Waals surface area contributed by atoms with Gasteiger partial charge in [-0.25, -0.2) is 4.98 Å². The van der Waals surface area contributed by atoms with Gasteiger partial charge in [-0.05, 0) is 0 Å². The van der Waals surface area contributed by atoms with Crippen LogP contribution in [0.4, 0.5) is 0 Å². The highest BCUT2D eigenvalue weighted by Crippen LogP contribution is 2.13. The molecule has 0 spiro atoms. The molecular formula is C4H5ClN2S. The van der Waals surface area contributed by atoms with Crippen LogP contribution in [0.5, 0.6) is 0 Å². The Hall–Kier alpha value is -0.150. The molecule has 0 aromatic carbocycles. The van der Waals surface area contributed by atoms with E-state index in [4.69, 9.17) is 11.6 Å². The van der Waals surface area contributed by atoms with Crippen LogP contribution in [0.1, 0.15) is 0 Å². The maximum absolute atomic E-state index is 5.41. The Morgan fingerprint density at radius 1 is 1.88 bits per heavy atom. The first-order chi connectivity index (χ1) is 3.93. The second kappa shape index (κ2) is 2.99. The minimum absolute atomic E-state index is 0.572. The average Bonchev–Trinajstić information content (AvgIpc) is 2.19. The van der Waals surface area contributed by atoms with Gasteiger partial charge >= 0.3 is 0 Å². The number of nitrogens with zero attached hydrogens (tertiary/aromatic N) is 1. The van der Waals surface area contributed by atoms with Crippen LogP contribution in [0.2, 0.25) is 0 Å². The number of nitrogens with one attached hydrogen (secondary N) is 1. The fourth-order valence-corrected chi connectivity index (χ4v) is 1.12. The summed E-state index contributed by atoms with van der Waals surface area (Å²) in [5, 5.41) is 1.59. The minimum atomic E-state index is 0.572. The van der Waals surface area contributed by atoms with E-state index < -0.39 is 0 Å². The van der Waals surface area contributed by atoms with E-state index in [1.807, 2.05) is 0 Å². The SMILES string of the molecule is ClCSc1cnc[nH]1. The fraction of sp³-hybridized carbons (Fsp3) is 0.250. The monoisotopic (exact) mass is 148 g/mol. The van der Waals surface area contributed by atoms with Crippen molar-refractivity contribution in [2.75, 3.05) is 5.21 Å². The van der Waals surface area contributed by atoms with Gasteiger partial charge in [-0.15, -0.1) is 11.6 Å². The lowest BCUT2D eigenvalue weighted by Crippen LogP contribution is -1.65. The molecule has 1 aromatic rings. The number of hydrogen-bond donors (Lipinski definition) is 1. The Labute approximate surface area is 56.7 Å². The largest absolute Gasteiger partial charge is 0.340 e. The van der Waals surface area contributed by atoms with Crippen LogP contribution < -0.4 is 0 Å². The molecule has 1 N–H and O–H groups in total. The Kier molecular flexibility index (Phi) is 2.24. The zero-order valence-corrected chi connectivity index (χ0v) is 5.67. The Bertz CT molecular complexity index is 140. The number of imidazole rings is 1. The third-order valence-electron chi connectivity index (χ3n) is 0.683. The van der Waals surface area contributed by atoms with E-state index in [0.717, 1.165) is 5.03 Å². The smallest absolute Gasteiger partial charge is 0.0931 e. The average molecular weight is 149 g/mol. The van der Waals surface area contributed by atoms with Crippen molar-refractivity contribution in [3.63, 3.8) is 0 Å². The number of rotatable bonds is 2. The van der Waals surface area contributed by atoms with Crippen LogP contribution in [0.3, 0.4) is 0 Å². The van der Waals surface area contributed by atoms with Gasteiger partial charge in [-0.3, -0.25) is 0 Å². The summed E-state index contributed by atoms with van der Waals surface area (Å²) in [6.07, 6.45) is 3.38. The Morgan fingerprint density at radius 3 is 3.25 bits per heavy atom. The van der Waals surface area contributed by atoms with Crippen LogP contribution in [0.15, 0.2) is 17.6 Å². The second-order valence-corrected chi connectivity index (χ2v) is 2.77. The van der Waals surface area contributed by atoms with E-state index in [1.165, 1.54) is 11.8 Å². The molecule has 1 heterocycles. The summed E-state index contributed by atoms with van der Waals surface area (Å²) in [4.78, 5) is 6.71. The number of hydrogen-bond acceptors (Lipinski definition) is 2. The maximum Gasteiger partial charge on any atom is 0.0931 e. The molecule has 2 nitrogen and oxygen atoms in total. The lowest BCUT2D eigenvalue weighted by Gasteiger charge is -1.84. The molecule has 0 amide bonds. The summed E-state index contributed by atoms with van der Waals surface area (Å²) < 4.78 is 0. The molecule has 0 aliphatic heterocycles. The van der Waals surface area contributed by atoms with Crippen LogP contribution in [0.25, 0.3) is 0 Å². The summed E-state index contributed by atoms with van der Waals surface area (Å²) in [7, 11) is 0. The molecule has 0 aliphatic carbocycles. The second-order valence-electron chi connectivity index (χ2n) is 1.17. The Balaban J connectivity index is 2.50. The molecular weight excluding hydrogens is 144 g/mol. The third kappa shape index (κ3) is 1.42. The van der Waals surface area contributed by atoms with Gasteiger partial charge in [0.25, 0.3) is 0 Å². The zero-order chi connectivity index (χ0) is 5.82. The van der Waals surface area contributed by atoms with Crippen molar-refractivity contribution in [3.8, 4) is 0 Å². The highest BCUT2D eigenvalue weighted by Gasteiger charge is 1.88. The van der Waals surface area contributed by atoms with E-state index in [1.54, 1.807) is 12.5 Å². The van der Waals surface area contributed by atoms with E-state index in [2.05, 4.69) is 9.97 Å². The molecule has 1 aromatic heterocycles. The topological polar surface area (TPSA) is 28.7 Å². The van der Waals surface area contributed by atoms with Crippen molar-refractivity contribution in [2.24, 2.45) is 0 Å². The number of alkyl halides is 1. The van der Waals surface area contributed by atoms with Crippen LogP contribution in [-0.2, 0) is 0 Å². The van der Waals surface area contributed by atoms with Gasteiger partial charge < -0.3 is 4.98 Å². The highest BCUT2D eigenvalue weighted by molar-refractivity contribution is 8.00. The molecule has 0 aliphatic rings. The molecule has 44 valence electrons. The first kappa shape index (κ1) is 5.98. The van der Waals surface area contributed by atoms with Crippen molar-refractivity contribution in [1.29, 1.82) is 0 Å². The number of aromatic amines is 1. The zero-order valence-electron chi connectivity index (χ0n) is 4.10. The van der Waals surface area contributed by atoms with Gasteiger partial charge in [0, 0.05) is 0 Å². The van der Waals surface area contributed by atoms with Gasteiger partial charge in [0.15, 0.2) is 0 Å². The Morgan fingerprint density at radius 2 is 2.75 bits per heavy atom. The minimum Gasteiger partial charge on any atom is -0.340 e. The van der Waals surface area contributed by atoms with Crippen molar-refractivity contribution in [2.45, 2.75) is 5.03 Å². The normalized spacial score (nSPS) is 9.62. The third-order valence-corrected chi connectivity index (χ3v) is 1.65. The fourth-order valence-electron chi connectivity index (χ4n) is 0.381. The molecule has 8 heavy (non-hydrogen) atoms. The van der Waals surface area contributed by atoms with Gasteiger partial charge in [0.05, 0.1) is 22.8 Å². The molecule has 0 saturated heterocycles. The van der Waals surface area contributed by atoms with Crippen molar-refractivity contribution < 1.29 is 0 Å².